The minimum Gasteiger partial charge on any atom is -0.319 e. The molecule has 0 unspecified atom stereocenters. The van der Waals surface area contributed by atoms with Crippen molar-refractivity contribution in [3.63, 3.8) is 0 Å². The third-order valence-corrected chi connectivity index (χ3v) is 2.44. The monoisotopic (exact) mass is 273 g/mol. The first kappa shape index (κ1) is 12.3. The molecule has 0 amide bonds. The van der Waals surface area contributed by atoms with Gasteiger partial charge >= 0.3 is 0 Å². The van der Waals surface area contributed by atoms with Crippen molar-refractivity contribution in [2.45, 2.75) is 12.8 Å². The van der Waals surface area contributed by atoms with Gasteiger partial charge in [-0.25, -0.2) is 4.39 Å². The Morgan fingerprint density at radius 3 is 2.80 bits per heavy atom. The number of ketones is 1. The van der Waals surface area contributed by atoms with Crippen LogP contribution in [0.15, 0.2) is 22.7 Å². The highest BCUT2D eigenvalue weighted by Crippen LogP contribution is 2.15. The number of hydrogen-bond acceptors (Lipinski definition) is 2. The normalized spacial score (nSPS) is 10.3. The third kappa shape index (κ3) is 4.53. The van der Waals surface area contributed by atoms with Crippen LogP contribution in [-0.4, -0.2) is 19.4 Å². The Balaban J connectivity index is 2.60. The predicted molar refractivity (Wildman–Crippen MR) is 61.4 cm³/mol. The molecule has 1 aromatic rings. The number of hydrogen-bond donors (Lipinski definition) is 1. The number of Topliss-reactive ketones (excluding diaryl/α,β-unsaturated/α-hetero) is 1. The molecular formula is C11H13BrFNO. The van der Waals surface area contributed by atoms with Gasteiger partial charge in [0, 0.05) is 23.9 Å². The molecular weight excluding hydrogens is 261 g/mol. The van der Waals surface area contributed by atoms with Gasteiger partial charge in [-0.1, -0.05) is 15.9 Å². The van der Waals surface area contributed by atoms with Gasteiger partial charge in [0.25, 0.3) is 0 Å². The summed E-state index contributed by atoms with van der Waals surface area (Å²) in [6.45, 7) is 0.662. The van der Waals surface area contributed by atoms with Crippen molar-refractivity contribution in [3.05, 3.63) is 34.1 Å². The van der Waals surface area contributed by atoms with Crippen LogP contribution in [0.5, 0.6) is 0 Å². The van der Waals surface area contributed by atoms with E-state index in [1.165, 1.54) is 12.1 Å². The van der Waals surface area contributed by atoms with Crippen LogP contribution in [0, 0.1) is 5.82 Å². The Morgan fingerprint density at radius 2 is 2.20 bits per heavy atom. The number of carbonyl (C=O) groups is 1. The first-order valence-corrected chi connectivity index (χ1v) is 5.52. The van der Waals surface area contributed by atoms with Crippen molar-refractivity contribution in [2.75, 3.05) is 13.6 Å². The Morgan fingerprint density at radius 1 is 1.47 bits per heavy atom. The standard InChI is InChI=1S/C11H13BrFNO/c1-14-3-2-11(15)6-8-4-9(12)7-10(13)5-8/h4-5,7,14H,2-3,6H2,1H3. The van der Waals surface area contributed by atoms with Crippen LogP contribution in [0.25, 0.3) is 0 Å². The summed E-state index contributed by atoms with van der Waals surface area (Å²) < 4.78 is 13.6. The highest BCUT2D eigenvalue weighted by atomic mass is 79.9. The molecule has 0 saturated carbocycles. The fraction of sp³-hybridized carbons (Fsp3) is 0.364. The van der Waals surface area contributed by atoms with Crippen molar-refractivity contribution >= 4 is 21.7 Å². The molecule has 0 fully saturated rings. The quantitative estimate of drug-likeness (QED) is 0.892. The zero-order valence-corrected chi connectivity index (χ0v) is 10.1. The average Bonchev–Trinajstić information content (AvgIpc) is 2.13. The Labute approximate surface area is 97.0 Å². The van der Waals surface area contributed by atoms with E-state index < -0.39 is 0 Å². The molecule has 0 radical (unpaired) electrons. The van der Waals surface area contributed by atoms with Gasteiger partial charge in [0.1, 0.15) is 11.6 Å². The topological polar surface area (TPSA) is 29.1 Å². The molecule has 1 N–H and O–H groups in total. The number of rotatable bonds is 5. The summed E-state index contributed by atoms with van der Waals surface area (Å²) in [6.07, 6.45) is 0.767. The van der Waals surface area contributed by atoms with Gasteiger partial charge in [0.2, 0.25) is 0 Å². The lowest BCUT2D eigenvalue weighted by atomic mass is 10.1. The molecule has 0 saturated heterocycles. The van der Waals surface area contributed by atoms with E-state index in [1.54, 1.807) is 13.1 Å². The van der Waals surface area contributed by atoms with Crippen LogP contribution in [0.1, 0.15) is 12.0 Å². The van der Waals surface area contributed by atoms with E-state index >= 15 is 0 Å². The summed E-state index contributed by atoms with van der Waals surface area (Å²) >= 11 is 3.19. The molecule has 0 aliphatic carbocycles. The molecule has 0 aliphatic rings. The lowest BCUT2D eigenvalue weighted by Crippen LogP contribution is -2.14. The molecule has 1 rings (SSSR count). The van der Waals surface area contributed by atoms with Crippen LogP contribution in [-0.2, 0) is 11.2 Å². The predicted octanol–water partition coefficient (Wildman–Crippen LogP) is 2.31. The molecule has 82 valence electrons. The van der Waals surface area contributed by atoms with Crippen LogP contribution >= 0.6 is 15.9 Å². The molecule has 0 heterocycles. The molecule has 0 bridgehead atoms. The van der Waals surface area contributed by atoms with Gasteiger partial charge < -0.3 is 5.32 Å². The van der Waals surface area contributed by atoms with Crippen molar-refractivity contribution in [2.24, 2.45) is 0 Å². The molecule has 1 aromatic carbocycles. The van der Waals surface area contributed by atoms with Gasteiger partial charge in [-0.2, -0.15) is 0 Å². The van der Waals surface area contributed by atoms with Gasteiger partial charge in [0.05, 0.1) is 0 Å². The summed E-state index contributed by atoms with van der Waals surface area (Å²) in [7, 11) is 1.80. The maximum Gasteiger partial charge on any atom is 0.138 e. The lowest BCUT2D eigenvalue weighted by Gasteiger charge is -2.02. The Bertz CT molecular complexity index is 334. The first-order valence-electron chi connectivity index (χ1n) is 4.73. The minimum atomic E-state index is -0.319. The van der Waals surface area contributed by atoms with Crippen LogP contribution in [0.2, 0.25) is 0 Å². The van der Waals surface area contributed by atoms with Gasteiger partial charge in [-0.3, -0.25) is 4.79 Å². The first-order chi connectivity index (χ1) is 7.11. The van der Waals surface area contributed by atoms with E-state index in [1.807, 2.05) is 0 Å². The van der Waals surface area contributed by atoms with Crippen molar-refractivity contribution < 1.29 is 9.18 Å². The van der Waals surface area contributed by atoms with Crippen LogP contribution < -0.4 is 5.32 Å². The van der Waals surface area contributed by atoms with E-state index in [2.05, 4.69) is 21.2 Å². The maximum absolute atomic E-state index is 13.0. The average molecular weight is 274 g/mol. The number of carbonyl (C=O) groups excluding carboxylic acids is 1. The van der Waals surface area contributed by atoms with E-state index in [0.717, 1.165) is 0 Å². The summed E-state index contributed by atoms with van der Waals surface area (Å²) in [5.74, 6) is -0.206. The van der Waals surface area contributed by atoms with E-state index in [0.29, 0.717) is 23.0 Å². The fourth-order valence-electron chi connectivity index (χ4n) is 1.29. The number of benzene rings is 1. The lowest BCUT2D eigenvalue weighted by molar-refractivity contribution is -0.118. The highest BCUT2D eigenvalue weighted by Gasteiger charge is 2.05. The van der Waals surface area contributed by atoms with Crippen LogP contribution in [0.4, 0.5) is 4.39 Å². The summed E-state index contributed by atoms with van der Waals surface area (Å²) in [4.78, 5) is 11.4. The molecule has 15 heavy (non-hydrogen) atoms. The zero-order valence-electron chi connectivity index (χ0n) is 8.52. The van der Waals surface area contributed by atoms with E-state index in [4.69, 9.17) is 0 Å². The molecule has 0 aromatic heterocycles. The van der Waals surface area contributed by atoms with E-state index in [-0.39, 0.29) is 18.0 Å². The van der Waals surface area contributed by atoms with Crippen molar-refractivity contribution in [3.8, 4) is 0 Å². The molecule has 0 atom stereocenters. The second-order valence-electron chi connectivity index (χ2n) is 3.35. The minimum absolute atomic E-state index is 0.113. The maximum atomic E-state index is 13.0. The highest BCUT2D eigenvalue weighted by molar-refractivity contribution is 9.10. The molecule has 2 nitrogen and oxygen atoms in total. The molecule has 4 heteroatoms. The number of nitrogens with one attached hydrogen (secondary N) is 1. The van der Waals surface area contributed by atoms with Crippen molar-refractivity contribution in [1.82, 2.24) is 5.32 Å². The van der Waals surface area contributed by atoms with Gasteiger partial charge in [-0.05, 0) is 30.8 Å². The Hall–Kier alpha value is -0.740. The SMILES string of the molecule is CNCCC(=O)Cc1cc(F)cc(Br)c1. The van der Waals surface area contributed by atoms with Gasteiger partial charge in [-0.15, -0.1) is 0 Å². The van der Waals surface area contributed by atoms with Gasteiger partial charge in [0.15, 0.2) is 0 Å². The van der Waals surface area contributed by atoms with E-state index in [9.17, 15) is 9.18 Å². The molecule has 0 spiro atoms. The van der Waals surface area contributed by atoms with Crippen LogP contribution in [0.3, 0.4) is 0 Å². The summed E-state index contributed by atoms with van der Waals surface area (Å²) in [6, 6.07) is 4.53. The fourth-order valence-corrected chi connectivity index (χ4v) is 1.81. The zero-order chi connectivity index (χ0) is 11.3. The second-order valence-corrected chi connectivity index (χ2v) is 4.26. The van der Waals surface area contributed by atoms with Crippen molar-refractivity contribution in [1.29, 1.82) is 0 Å². The third-order valence-electron chi connectivity index (χ3n) is 1.98. The molecule has 0 aliphatic heterocycles. The second kappa shape index (κ2) is 5.98. The smallest absolute Gasteiger partial charge is 0.138 e. The largest absolute Gasteiger partial charge is 0.319 e. The summed E-state index contributed by atoms with van der Waals surface area (Å²) in [5, 5.41) is 2.90. The Kier molecular flexibility index (Phi) is 4.91. The number of halogens is 2. The summed E-state index contributed by atoms with van der Waals surface area (Å²) in [5.41, 5.74) is 0.711.